The SMILES string of the molecule is CCCC1=C(C(=O)OCC)[C@H](c2ccc(OC)c(OC)c2)NC(=O)N1. The van der Waals surface area contributed by atoms with E-state index < -0.39 is 12.0 Å². The molecule has 0 saturated heterocycles. The molecule has 7 nitrogen and oxygen atoms in total. The number of amides is 2. The number of methoxy groups -OCH3 is 2. The van der Waals surface area contributed by atoms with E-state index in [-0.39, 0.29) is 12.6 Å². The zero-order chi connectivity index (χ0) is 18.4. The van der Waals surface area contributed by atoms with Crippen LogP contribution in [-0.4, -0.2) is 32.8 Å². The molecule has 0 radical (unpaired) electrons. The topological polar surface area (TPSA) is 85.9 Å². The number of allylic oxidation sites excluding steroid dienone is 1. The van der Waals surface area contributed by atoms with Gasteiger partial charge in [0.05, 0.1) is 32.4 Å². The summed E-state index contributed by atoms with van der Waals surface area (Å²) in [5.41, 5.74) is 1.71. The van der Waals surface area contributed by atoms with Gasteiger partial charge in [0, 0.05) is 5.70 Å². The molecule has 0 bridgehead atoms. The summed E-state index contributed by atoms with van der Waals surface area (Å²) in [4.78, 5) is 24.6. The van der Waals surface area contributed by atoms with E-state index in [4.69, 9.17) is 14.2 Å². The van der Waals surface area contributed by atoms with Crippen LogP contribution in [0.1, 0.15) is 38.3 Å². The number of rotatable bonds is 7. The van der Waals surface area contributed by atoms with Crippen molar-refractivity contribution >= 4 is 12.0 Å². The Balaban J connectivity index is 2.53. The van der Waals surface area contributed by atoms with Gasteiger partial charge in [0.15, 0.2) is 11.5 Å². The molecule has 1 aromatic carbocycles. The Bertz CT molecular complexity index is 684. The third kappa shape index (κ3) is 4.04. The largest absolute Gasteiger partial charge is 0.493 e. The lowest BCUT2D eigenvalue weighted by Gasteiger charge is -2.29. The molecule has 136 valence electrons. The normalized spacial score (nSPS) is 16.8. The molecule has 2 amide bonds. The highest BCUT2D eigenvalue weighted by atomic mass is 16.5. The Morgan fingerprint density at radius 1 is 1.16 bits per heavy atom. The van der Waals surface area contributed by atoms with E-state index in [0.717, 1.165) is 6.42 Å². The number of hydrogen-bond donors (Lipinski definition) is 2. The van der Waals surface area contributed by atoms with E-state index in [1.54, 1.807) is 32.2 Å². The molecule has 25 heavy (non-hydrogen) atoms. The summed E-state index contributed by atoms with van der Waals surface area (Å²) < 4.78 is 15.8. The molecule has 1 atom stereocenters. The molecule has 2 N–H and O–H groups in total. The highest BCUT2D eigenvalue weighted by molar-refractivity contribution is 5.95. The number of hydrogen-bond acceptors (Lipinski definition) is 5. The lowest BCUT2D eigenvalue weighted by atomic mass is 9.93. The minimum absolute atomic E-state index is 0.258. The molecule has 7 heteroatoms. The first-order valence-corrected chi connectivity index (χ1v) is 8.25. The van der Waals surface area contributed by atoms with Crippen LogP contribution >= 0.6 is 0 Å². The van der Waals surface area contributed by atoms with Crippen molar-refractivity contribution in [3.05, 3.63) is 35.0 Å². The summed E-state index contributed by atoms with van der Waals surface area (Å²) >= 11 is 0. The van der Waals surface area contributed by atoms with E-state index >= 15 is 0 Å². The Labute approximate surface area is 147 Å². The summed E-state index contributed by atoms with van der Waals surface area (Å²) in [6.07, 6.45) is 1.36. The van der Waals surface area contributed by atoms with Crippen LogP contribution in [0.2, 0.25) is 0 Å². The minimum atomic E-state index is -0.617. The van der Waals surface area contributed by atoms with Crippen molar-refractivity contribution < 1.29 is 23.8 Å². The molecule has 0 aliphatic carbocycles. The van der Waals surface area contributed by atoms with Gasteiger partial charge >= 0.3 is 12.0 Å². The van der Waals surface area contributed by atoms with Gasteiger partial charge in [-0.15, -0.1) is 0 Å². The fraction of sp³-hybridized carbons (Fsp3) is 0.444. The summed E-state index contributed by atoms with van der Waals surface area (Å²) in [5, 5.41) is 5.52. The van der Waals surface area contributed by atoms with Crippen LogP contribution in [0.5, 0.6) is 11.5 Å². The molecule has 0 fully saturated rings. The first kappa shape index (κ1) is 18.6. The third-order valence-corrected chi connectivity index (χ3v) is 3.89. The molecule has 0 saturated carbocycles. The van der Waals surface area contributed by atoms with Crippen molar-refractivity contribution in [2.45, 2.75) is 32.7 Å². The maximum Gasteiger partial charge on any atom is 0.338 e. The number of carbonyl (C=O) groups is 2. The van der Waals surface area contributed by atoms with Crippen LogP contribution < -0.4 is 20.1 Å². The average molecular weight is 348 g/mol. The lowest BCUT2D eigenvalue weighted by molar-refractivity contribution is -0.139. The van der Waals surface area contributed by atoms with Crippen LogP contribution in [0.4, 0.5) is 4.79 Å². The Hall–Kier alpha value is -2.70. The van der Waals surface area contributed by atoms with Crippen LogP contribution in [0.25, 0.3) is 0 Å². The molecule has 0 spiro atoms. The number of esters is 1. The van der Waals surface area contributed by atoms with Gasteiger partial charge in [-0.1, -0.05) is 19.4 Å². The van der Waals surface area contributed by atoms with Crippen molar-refractivity contribution in [1.82, 2.24) is 10.6 Å². The van der Waals surface area contributed by atoms with Gasteiger partial charge in [0.2, 0.25) is 0 Å². The number of carbonyl (C=O) groups excluding carboxylic acids is 2. The quantitative estimate of drug-likeness (QED) is 0.740. The highest BCUT2D eigenvalue weighted by Crippen LogP contribution is 2.35. The molecule has 1 aliphatic rings. The van der Waals surface area contributed by atoms with E-state index in [0.29, 0.717) is 34.8 Å². The van der Waals surface area contributed by atoms with Gasteiger partial charge < -0.3 is 24.8 Å². The molecule has 0 aromatic heterocycles. The van der Waals surface area contributed by atoms with Crippen LogP contribution in [-0.2, 0) is 9.53 Å². The number of urea groups is 1. The molecule has 0 unspecified atom stereocenters. The van der Waals surface area contributed by atoms with Crippen LogP contribution in [0.3, 0.4) is 0 Å². The fourth-order valence-electron chi connectivity index (χ4n) is 2.80. The first-order valence-electron chi connectivity index (χ1n) is 8.25. The van der Waals surface area contributed by atoms with Crippen molar-refractivity contribution in [2.75, 3.05) is 20.8 Å². The van der Waals surface area contributed by atoms with Crippen molar-refractivity contribution in [3.63, 3.8) is 0 Å². The van der Waals surface area contributed by atoms with Gasteiger partial charge in [-0.25, -0.2) is 9.59 Å². The van der Waals surface area contributed by atoms with E-state index in [1.807, 2.05) is 6.92 Å². The van der Waals surface area contributed by atoms with Crippen LogP contribution in [0, 0.1) is 0 Å². The first-order chi connectivity index (χ1) is 12.0. The van der Waals surface area contributed by atoms with Gasteiger partial charge in [-0.2, -0.15) is 0 Å². The Kier molecular flexibility index (Phi) is 6.27. The van der Waals surface area contributed by atoms with Gasteiger partial charge in [0.1, 0.15) is 0 Å². The molecular weight excluding hydrogens is 324 g/mol. The van der Waals surface area contributed by atoms with Gasteiger partial charge in [-0.3, -0.25) is 0 Å². The molecular formula is C18H24N2O5. The number of ether oxygens (including phenoxy) is 3. The third-order valence-electron chi connectivity index (χ3n) is 3.89. The van der Waals surface area contributed by atoms with Gasteiger partial charge in [-0.05, 0) is 31.0 Å². The summed E-state index contributed by atoms with van der Waals surface area (Å²) in [6.45, 7) is 3.99. The number of nitrogens with one attached hydrogen (secondary N) is 2. The summed E-state index contributed by atoms with van der Waals surface area (Å²) in [6, 6.07) is 4.31. The molecule has 1 aromatic rings. The maximum atomic E-state index is 12.5. The standard InChI is InChI=1S/C18H24N2O5/c1-5-7-12-15(17(21)25-6-2)16(20-18(22)19-12)11-8-9-13(23-3)14(10-11)24-4/h8-10,16H,5-7H2,1-4H3,(H2,19,20,22)/t16-/m0/s1. The maximum absolute atomic E-state index is 12.5. The number of benzene rings is 1. The predicted molar refractivity (Wildman–Crippen MR) is 92.5 cm³/mol. The van der Waals surface area contributed by atoms with Crippen molar-refractivity contribution in [1.29, 1.82) is 0 Å². The molecule has 2 rings (SSSR count). The Morgan fingerprint density at radius 3 is 2.48 bits per heavy atom. The van der Waals surface area contributed by atoms with E-state index in [9.17, 15) is 9.59 Å². The predicted octanol–water partition coefficient (Wildman–Crippen LogP) is 2.67. The zero-order valence-electron chi connectivity index (χ0n) is 15.0. The minimum Gasteiger partial charge on any atom is -0.493 e. The van der Waals surface area contributed by atoms with E-state index in [2.05, 4.69) is 10.6 Å². The molecule has 1 heterocycles. The monoisotopic (exact) mass is 348 g/mol. The van der Waals surface area contributed by atoms with E-state index in [1.165, 1.54) is 7.11 Å². The van der Waals surface area contributed by atoms with Gasteiger partial charge in [0.25, 0.3) is 0 Å². The second-order valence-electron chi connectivity index (χ2n) is 5.51. The molecule has 1 aliphatic heterocycles. The second-order valence-corrected chi connectivity index (χ2v) is 5.51. The lowest BCUT2D eigenvalue weighted by Crippen LogP contribution is -2.46. The fourth-order valence-corrected chi connectivity index (χ4v) is 2.80. The zero-order valence-corrected chi connectivity index (χ0v) is 15.0. The Morgan fingerprint density at radius 2 is 1.88 bits per heavy atom. The van der Waals surface area contributed by atoms with Crippen LogP contribution in [0.15, 0.2) is 29.5 Å². The average Bonchev–Trinajstić information content (AvgIpc) is 2.61. The highest BCUT2D eigenvalue weighted by Gasteiger charge is 2.33. The summed E-state index contributed by atoms with van der Waals surface area (Å²) in [7, 11) is 3.08. The smallest absolute Gasteiger partial charge is 0.338 e. The second kappa shape index (κ2) is 8.41. The summed E-state index contributed by atoms with van der Waals surface area (Å²) in [5.74, 6) is 0.647. The van der Waals surface area contributed by atoms with Crippen molar-refractivity contribution in [2.24, 2.45) is 0 Å². The van der Waals surface area contributed by atoms with Crippen molar-refractivity contribution in [3.8, 4) is 11.5 Å².